The van der Waals surface area contributed by atoms with E-state index in [2.05, 4.69) is 20.9 Å². The van der Waals surface area contributed by atoms with Gasteiger partial charge in [0.05, 0.1) is 23.5 Å². The number of benzene rings is 1. The topological polar surface area (TPSA) is 50.3 Å². The number of nitrogens with zero attached hydrogens (tertiary/aromatic N) is 2. The van der Waals surface area contributed by atoms with Crippen molar-refractivity contribution in [3.05, 3.63) is 50.0 Å². The Bertz CT molecular complexity index is 984. The number of H-pyrrole nitrogens is 1. The zero-order chi connectivity index (χ0) is 20.0. The van der Waals surface area contributed by atoms with Gasteiger partial charge in [0, 0.05) is 43.1 Å². The van der Waals surface area contributed by atoms with Crippen molar-refractivity contribution in [2.24, 2.45) is 0 Å². The van der Waals surface area contributed by atoms with Crippen LogP contribution in [0.3, 0.4) is 0 Å². The molecule has 5 nitrogen and oxygen atoms in total. The highest BCUT2D eigenvalue weighted by Crippen LogP contribution is 2.36. The number of amides is 1. The van der Waals surface area contributed by atoms with Crippen molar-refractivity contribution in [3.8, 4) is 0 Å². The van der Waals surface area contributed by atoms with Gasteiger partial charge in [-0.05, 0) is 53.1 Å². The predicted octanol–water partition coefficient (Wildman–Crippen LogP) is 3.72. The Labute approximate surface area is 174 Å². The monoisotopic (exact) mass is 471 g/mol. The molecular formula is C19H20BrF2N3O2S. The van der Waals surface area contributed by atoms with Crippen molar-refractivity contribution < 1.29 is 18.3 Å². The molecule has 4 rings (SSSR count). The molecule has 0 spiro atoms. The van der Waals surface area contributed by atoms with Crippen molar-refractivity contribution in [2.75, 3.05) is 20.3 Å². The number of nitrogens with one attached hydrogen (secondary N) is 1. The molecule has 1 aromatic heterocycles. The smallest absolute Gasteiger partial charge is 0.228 e. The molecule has 150 valence electrons. The summed E-state index contributed by atoms with van der Waals surface area (Å²) >= 11 is 8.51. The number of halogens is 3. The zero-order valence-corrected chi connectivity index (χ0v) is 17.7. The summed E-state index contributed by atoms with van der Waals surface area (Å²) in [5.41, 5.74) is 1.63. The van der Waals surface area contributed by atoms with E-state index in [0.29, 0.717) is 31.0 Å². The molecule has 2 atom stereocenters. The Morgan fingerprint density at radius 1 is 1.46 bits per heavy atom. The third-order valence-corrected chi connectivity index (χ3v) is 6.62. The third kappa shape index (κ3) is 3.44. The Morgan fingerprint density at radius 3 is 2.96 bits per heavy atom. The number of fused-ring (bicyclic) bond motifs is 1. The van der Waals surface area contributed by atoms with E-state index in [1.807, 2.05) is 4.57 Å². The lowest BCUT2D eigenvalue weighted by atomic mass is 9.95. The van der Waals surface area contributed by atoms with Crippen LogP contribution in [0.2, 0.25) is 0 Å². The quantitative estimate of drug-likeness (QED) is 0.546. The van der Waals surface area contributed by atoms with Gasteiger partial charge in [-0.2, -0.15) is 0 Å². The molecule has 1 N–H and O–H groups in total. The van der Waals surface area contributed by atoms with Crippen LogP contribution in [-0.2, 0) is 28.9 Å². The van der Waals surface area contributed by atoms with Gasteiger partial charge in [0.25, 0.3) is 0 Å². The van der Waals surface area contributed by atoms with Gasteiger partial charge < -0.3 is 19.2 Å². The summed E-state index contributed by atoms with van der Waals surface area (Å²) in [6.07, 6.45) is 1.43. The molecule has 0 radical (unpaired) electrons. The Morgan fingerprint density at radius 2 is 2.25 bits per heavy atom. The molecule has 2 aliphatic rings. The van der Waals surface area contributed by atoms with Gasteiger partial charge >= 0.3 is 0 Å². The first kappa shape index (κ1) is 19.7. The number of carbonyl (C=O) groups excluding carboxylic acids is 1. The lowest BCUT2D eigenvalue weighted by molar-refractivity contribution is -0.131. The van der Waals surface area contributed by atoms with Crippen molar-refractivity contribution >= 4 is 34.1 Å². The average Bonchev–Trinajstić information content (AvgIpc) is 3.38. The largest absolute Gasteiger partial charge is 0.379 e. The van der Waals surface area contributed by atoms with Crippen molar-refractivity contribution in [1.29, 1.82) is 0 Å². The van der Waals surface area contributed by atoms with E-state index >= 15 is 0 Å². The molecule has 2 aromatic rings. The molecule has 1 saturated heterocycles. The highest BCUT2D eigenvalue weighted by molar-refractivity contribution is 9.10. The first-order valence-electron chi connectivity index (χ1n) is 9.14. The number of carbonyl (C=O) groups is 1. The molecule has 1 fully saturated rings. The van der Waals surface area contributed by atoms with Gasteiger partial charge in [-0.15, -0.1) is 0 Å². The van der Waals surface area contributed by atoms with Crippen LogP contribution in [0.1, 0.15) is 29.3 Å². The van der Waals surface area contributed by atoms with Crippen molar-refractivity contribution in [3.63, 3.8) is 0 Å². The van der Waals surface area contributed by atoms with E-state index in [1.165, 1.54) is 12.1 Å². The molecule has 3 heterocycles. The van der Waals surface area contributed by atoms with E-state index in [9.17, 15) is 13.6 Å². The van der Waals surface area contributed by atoms with Gasteiger partial charge in [0.2, 0.25) is 5.91 Å². The predicted molar refractivity (Wildman–Crippen MR) is 106 cm³/mol. The number of likely N-dealkylation sites (N-methyl/N-ethyl adjacent to an activating group) is 1. The number of hydrogen-bond donors (Lipinski definition) is 1. The molecule has 0 saturated carbocycles. The van der Waals surface area contributed by atoms with Crippen molar-refractivity contribution in [1.82, 2.24) is 14.5 Å². The Hall–Kier alpha value is -1.58. The number of imidazole rings is 1. The van der Waals surface area contributed by atoms with Gasteiger partial charge in [0.15, 0.2) is 4.77 Å². The van der Waals surface area contributed by atoms with Gasteiger partial charge in [0.1, 0.15) is 11.6 Å². The molecule has 0 bridgehead atoms. The Kier molecular flexibility index (Phi) is 5.41. The number of aromatic nitrogens is 2. The molecule has 1 amide bonds. The van der Waals surface area contributed by atoms with Gasteiger partial charge in [-0.3, -0.25) is 4.79 Å². The molecule has 2 aliphatic heterocycles. The van der Waals surface area contributed by atoms with E-state index in [4.69, 9.17) is 17.0 Å². The summed E-state index contributed by atoms with van der Waals surface area (Å²) in [5.74, 6) is -1.54. The minimum absolute atomic E-state index is 0.0292. The van der Waals surface area contributed by atoms with Crippen LogP contribution >= 0.6 is 28.1 Å². The minimum atomic E-state index is -0.579. The lowest BCUT2D eigenvalue weighted by Gasteiger charge is -2.23. The second-order valence-corrected chi connectivity index (χ2v) is 8.56. The minimum Gasteiger partial charge on any atom is -0.379 e. The first-order valence-corrected chi connectivity index (χ1v) is 10.3. The first-order chi connectivity index (χ1) is 13.4. The second kappa shape index (κ2) is 7.68. The van der Waals surface area contributed by atoms with Crippen LogP contribution in [0, 0.1) is 16.4 Å². The molecule has 28 heavy (non-hydrogen) atoms. The maximum Gasteiger partial charge on any atom is 0.228 e. The zero-order valence-electron chi connectivity index (χ0n) is 15.3. The molecule has 9 heteroatoms. The summed E-state index contributed by atoms with van der Waals surface area (Å²) in [7, 11) is 1.78. The molecular weight excluding hydrogens is 452 g/mol. The van der Waals surface area contributed by atoms with Gasteiger partial charge in [-0.1, -0.05) is 0 Å². The highest BCUT2D eigenvalue weighted by Gasteiger charge is 2.33. The van der Waals surface area contributed by atoms with Crippen LogP contribution in [0.25, 0.3) is 0 Å². The third-order valence-electron chi connectivity index (χ3n) is 5.68. The average molecular weight is 472 g/mol. The molecule has 0 aliphatic carbocycles. The number of aromatic amines is 1. The lowest BCUT2D eigenvalue weighted by Crippen LogP contribution is -2.38. The SMILES string of the molecule is CN(C(=O)Cc1[nH]c(=S)n2c1CC(c1c(F)ccc(Br)c1F)C2)C1CCOC1. The van der Waals surface area contributed by atoms with E-state index in [0.717, 1.165) is 17.8 Å². The van der Waals surface area contributed by atoms with Crippen LogP contribution in [0.4, 0.5) is 8.78 Å². The molecule has 2 unspecified atom stereocenters. The fourth-order valence-corrected chi connectivity index (χ4v) is 4.72. The van der Waals surface area contributed by atoms with Crippen LogP contribution < -0.4 is 0 Å². The van der Waals surface area contributed by atoms with Crippen molar-refractivity contribution in [2.45, 2.75) is 37.8 Å². The van der Waals surface area contributed by atoms with E-state index in [1.54, 1.807) is 11.9 Å². The summed E-state index contributed by atoms with van der Waals surface area (Å²) in [5, 5.41) is 0. The number of ether oxygens (including phenoxy) is 1. The maximum absolute atomic E-state index is 14.5. The fraction of sp³-hybridized carbons (Fsp3) is 0.474. The van der Waals surface area contributed by atoms with E-state index < -0.39 is 11.6 Å². The maximum atomic E-state index is 14.5. The van der Waals surface area contributed by atoms with Crippen LogP contribution in [-0.4, -0.2) is 46.7 Å². The number of rotatable bonds is 4. The fourth-order valence-electron chi connectivity index (χ4n) is 4.06. The Balaban J connectivity index is 1.57. The summed E-state index contributed by atoms with van der Waals surface area (Å²) < 4.78 is 36.8. The van der Waals surface area contributed by atoms with Gasteiger partial charge in [-0.25, -0.2) is 8.78 Å². The molecule has 1 aromatic carbocycles. The second-order valence-electron chi connectivity index (χ2n) is 7.32. The summed E-state index contributed by atoms with van der Waals surface area (Å²) in [6.45, 7) is 1.60. The van der Waals surface area contributed by atoms with Crippen LogP contribution in [0.15, 0.2) is 16.6 Å². The van der Waals surface area contributed by atoms with E-state index in [-0.39, 0.29) is 34.3 Å². The summed E-state index contributed by atoms with van der Waals surface area (Å²) in [4.78, 5) is 17.5. The highest BCUT2D eigenvalue weighted by atomic mass is 79.9. The number of hydrogen-bond acceptors (Lipinski definition) is 3. The van der Waals surface area contributed by atoms with Crippen LogP contribution in [0.5, 0.6) is 0 Å². The standard InChI is InChI=1S/C19H20BrF2N3O2S/c1-24(11-4-5-27-9-11)16(26)7-14-15-6-10(8-25(15)19(28)23-14)17-13(21)3-2-12(20)18(17)22/h2-3,10-11H,4-9H2,1H3,(H,23,28). The summed E-state index contributed by atoms with van der Waals surface area (Å²) in [6, 6.07) is 2.71. The normalized spacial score (nSPS) is 21.1.